The van der Waals surface area contributed by atoms with Crippen LogP contribution in [0.25, 0.3) is 0 Å². The molecule has 0 N–H and O–H groups in total. The maximum atomic E-state index is 5.33. The molecule has 18 heavy (non-hydrogen) atoms. The van der Waals surface area contributed by atoms with Gasteiger partial charge < -0.3 is 4.63 Å². The summed E-state index contributed by atoms with van der Waals surface area (Å²) < 4.78 is 5.33. The summed E-state index contributed by atoms with van der Waals surface area (Å²) in [4.78, 5) is 0. The van der Waals surface area contributed by atoms with Crippen LogP contribution >= 0.6 is 0 Å². The molecule has 3 heteroatoms. The highest BCUT2D eigenvalue weighted by Gasteiger charge is 2.58. The molecule has 0 spiro atoms. The fourth-order valence-corrected chi connectivity index (χ4v) is 13.7. The van der Waals surface area contributed by atoms with E-state index in [1.807, 2.05) is 0 Å². The normalized spacial score (nSPS) is 25.4. The summed E-state index contributed by atoms with van der Waals surface area (Å²) in [6, 6.07) is 0. The van der Waals surface area contributed by atoms with Gasteiger partial charge in [-0.2, -0.15) is 0 Å². The fraction of sp³-hybridized carbons (Fsp3) is 1.00. The van der Waals surface area contributed by atoms with Crippen LogP contribution in [0.15, 0.2) is 4.63 Å². The van der Waals surface area contributed by atoms with Crippen molar-refractivity contribution >= 4 is 17.9 Å². The van der Waals surface area contributed by atoms with E-state index >= 15 is 0 Å². The third-order valence-corrected chi connectivity index (χ3v) is 13.2. The largest absolute Gasteiger partial charge is 0.338 e. The van der Waals surface area contributed by atoms with Crippen molar-refractivity contribution in [3.63, 3.8) is 0 Å². The molecule has 0 aromatic carbocycles. The molecule has 0 aromatic heterocycles. The molecule has 1 nitrogen and oxygen atoms in total. The van der Waals surface area contributed by atoms with Crippen LogP contribution < -0.4 is 0 Å². The standard InChI is InChI=1S/C15H33NSi2/c1-7-13(8-2)14(9-3,10-4)16-18-17-15(13,11-5)12-6/h18H,7-12,17H2,1-6H3. The maximum absolute atomic E-state index is 5.33. The van der Waals surface area contributed by atoms with Gasteiger partial charge in [-0.3, -0.25) is 0 Å². The van der Waals surface area contributed by atoms with E-state index in [1.54, 1.807) is 0 Å². The molecular weight excluding hydrogens is 250 g/mol. The topological polar surface area (TPSA) is 12.4 Å². The highest BCUT2D eigenvalue weighted by molar-refractivity contribution is 6.96. The molecule has 1 rings (SSSR count). The summed E-state index contributed by atoms with van der Waals surface area (Å²) in [5.74, 6) is 0. The van der Waals surface area contributed by atoms with Crippen molar-refractivity contribution in [2.24, 2.45) is 10.0 Å². The average Bonchev–Trinajstić information content (AvgIpc) is 2.45. The van der Waals surface area contributed by atoms with Crippen molar-refractivity contribution in [1.82, 2.24) is 0 Å². The van der Waals surface area contributed by atoms with Crippen molar-refractivity contribution in [2.45, 2.75) is 90.6 Å². The second-order valence-electron chi connectivity index (χ2n) is 6.03. The lowest BCUT2D eigenvalue weighted by atomic mass is 9.55. The molecule has 1 aliphatic rings. The van der Waals surface area contributed by atoms with Gasteiger partial charge in [0.1, 0.15) is 0 Å². The smallest absolute Gasteiger partial charge is 0.0853 e. The van der Waals surface area contributed by atoms with Crippen LogP contribution in [0, 0.1) is 5.41 Å². The first kappa shape index (κ1) is 16.3. The lowest BCUT2D eigenvalue weighted by molar-refractivity contribution is 0.0309. The predicted molar refractivity (Wildman–Crippen MR) is 87.7 cm³/mol. The summed E-state index contributed by atoms with van der Waals surface area (Å²) >= 11 is 0. The maximum Gasteiger partial charge on any atom is 0.0853 e. The minimum Gasteiger partial charge on any atom is -0.338 e. The highest BCUT2D eigenvalue weighted by atomic mass is 29.1. The molecule has 0 aromatic rings. The molecular formula is C15H33NSi2. The summed E-state index contributed by atoms with van der Waals surface area (Å²) in [7, 11) is 0.469. The molecule has 1 heterocycles. The van der Waals surface area contributed by atoms with E-state index in [4.69, 9.17) is 4.63 Å². The Morgan fingerprint density at radius 3 is 1.61 bits per heavy atom. The van der Waals surface area contributed by atoms with Crippen LogP contribution in [0.5, 0.6) is 0 Å². The Morgan fingerprint density at radius 1 is 0.778 bits per heavy atom. The van der Waals surface area contributed by atoms with Crippen LogP contribution in [0.3, 0.4) is 0 Å². The van der Waals surface area contributed by atoms with E-state index < -0.39 is 0 Å². The van der Waals surface area contributed by atoms with Crippen LogP contribution in [-0.4, -0.2) is 23.4 Å². The van der Waals surface area contributed by atoms with Gasteiger partial charge in [-0.05, 0) is 36.1 Å². The average molecular weight is 284 g/mol. The van der Waals surface area contributed by atoms with Gasteiger partial charge in [-0.25, -0.2) is 0 Å². The quantitative estimate of drug-likeness (QED) is 0.652. The number of rotatable bonds is 6. The number of nitrogens with zero attached hydrogens (tertiary/aromatic N) is 1. The van der Waals surface area contributed by atoms with E-state index in [2.05, 4.69) is 41.5 Å². The predicted octanol–water partition coefficient (Wildman–Crippen LogP) is 4.05. The van der Waals surface area contributed by atoms with Gasteiger partial charge >= 0.3 is 0 Å². The SMILES string of the molecule is CCC1(CC)N=[SiH][SiH2]C(CC)(CC)C1(CC)CC. The van der Waals surface area contributed by atoms with E-state index in [0.717, 1.165) is 0 Å². The Kier molecular flexibility index (Phi) is 5.54. The molecule has 0 aliphatic carbocycles. The highest BCUT2D eigenvalue weighted by Crippen LogP contribution is 2.64. The Morgan fingerprint density at radius 2 is 1.28 bits per heavy atom. The minimum atomic E-state index is 0.0187. The van der Waals surface area contributed by atoms with Crippen molar-refractivity contribution in [3.8, 4) is 0 Å². The first-order valence-electron chi connectivity index (χ1n) is 8.11. The lowest BCUT2D eigenvalue weighted by Gasteiger charge is -2.61. The monoisotopic (exact) mass is 283 g/mol. The van der Waals surface area contributed by atoms with Gasteiger partial charge in [0.05, 0.1) is 23.4 Å². The van der Waals surface area contributed by atoms with E-state index in [9.17, 15) is 0 Å². The van der Waals surface area contributed by atoms with Crippen molar-refractivity contribution < 1.29 is 0 Å². The van der Waals surface area contributed by atoms with E-state index in [0.29, 0.717) is 24.8 Å². The number of hydrogen-bond acceptors (Lipinski definition) is 1. The third-order valence-electron chi connectivity index (χ3n) is 6.46. The lowest BCUT2D eigenvalue weighted by Crippen LogP contribution is -2.58. The molecule has 0 radical (unpaired) electrons. The van der Waals surface area contributed by atoms with Gasteiger partial charge in [0.2, 0.25) is 0 Å². The second-order valence-corrected chi connectivity index (χ2v) is 10.7. The minimum absolute atomic E-state index is 0.0187. The first-order valence-corrected chi connectivity index (χ1v) is 12.6. The molecule has 0 bridgehead atoms. The Balaban J connectivity index is 3.46. The summed E-state index contributed by atoms with van der Waals surface area (Å²) in [6.07, 6.45) is 8.00. The Hall–Kier alpha value is 0.234. The molecule has 0 saturated carbocycles. The molecule has 0 amide bonds. The summed E-state index contributed by atoms with van der Waals surface area (Å²) in [6.45, 7) is 14.6. The van der Waals surface area contributed by atoms with Crippen LogP contribution in [0.1, 0.15) is 80.1 Å². The zero-order valence-corrected chi connectivity index (χ0v) is 16.0. The van der Waals surface area contributed by atoms with Gasteiger partial charge in [-0.1, -0.05) is 54.4 Å². The third kappa shape index (κ3) is 1.93. The second kappa shape index (κ2) is 6.12. The van der Waals surface area contributed by atoms with Gasteiger partial charge in [-0.15, -0.1) is 0 Å². The van der Waals surface area contributed by atoms with Crippen LogP contribution in [-0.2, 0) is 0 Å². The van der Waals surface area contributed by atoms with E-state index in [1.165, 1.54) is 38.5 Å². The van der Waals surface area contributed by atoms with Crippen LogP contribution in [0.2, 0.25) is 5.04 Å². The first-order chi connectivity index (χ1) is 8.57. The van der Waals surface area contributed by atoms with E-state index in [-0.39, 0.29) is 9.04 Å². The van der Waals surface area contributed by atoms with Crippen molar-refractivity contribution in [2.75, 3.05) is 0 Å². The zero-order chi connectivity index (χ0) is 13.9. The van der Waals surface area contributed by atoms with Gasteiger partial charge in [0, 0.05) is 0 Å². The van der Waals surface area contributed by atoms with Crippen molar-refractivity contribution in [3.05, 3.63) is 0 Å². The molecule has 106 valence electrons. The number of hydrogen-bond donors (Lipinski definition) is 0. The van der Waals surface area contributed by atoms with Crippen LogP contribution in [0.4, 0.5) is 0 Å². The molecule has 0 saturated heterocycles. The molecule has 0 atom stereocenters. The molecule has 0 unspecified atom stereocenters. The Labute approximate surface area is 119 Å². The summed E-state index contributed by atoms with van der Waals surface area (Å²) in [5.41, 5.74) is 0.813. The molecule has 1 aliphatic heterocycles. The van der Waals surface area contributed by atoms with Crippen molar-refractivity contribution in [1.29, 1.82) is 0 Å². The fourth-order valence-electron chi connectivity index (χ4n) is 5.19. The zero-order valence-electron chi connectivity index (χ0n) is 13.5. The van der Waals surface area contributed by atoms with Gasteiger partial charge in [0.15, 0.2) is 0 Å². The summed E-state index contributed by atoms with van der Waals surface area (Å²) in [5, 5.41) is 0.694. The van der Waals surface area contributed by atoms with Gasteiger partial charge in [0.25, 0.3) is 0 Å². The Bertz CT molecular complexity index is 287. The molecule has 0 fully saturated rings.